The van der Waals surface area contributed by atoms with Crippen molar-refractivity contribution in [1.29, 1.82) is 0 Å². The molecular weight excluding hydrogens is 352 g/mol. The minimum atomic E-state index is -0.155. The minimum Gasteiger partial charge on any atom is -0.462 e. The highest BCUT2D eigenvalue weighted by Crippen LogP contribution is 2.68. The highest BCUT2D eigenvalue weighted by Gasteiger charge is 2.65. The summed E-state index contributed by atoms with van der Waals surface area (Å²) in [6.07, 6.45) is 10.4. The molecule has 4 aliphatic carbocycles. The van der Waals surface area contributed by atoms with Gasteiger partial charge in [-0.15, -0.1) is 0 Å². The van der Waals surface area contributed by atoms with Crippen molar-refractivity contribution in [1.82, 2.24) is 0 Å². The third-order valence-corrected chi connectivity index (χ3v) is 9.66. The first kappa shape index (κ1) is 18.7. The van der Waals surface area contributed by atoms with Crippen molar-refractivity contribution in [3.05, 3.63) is 11.6 Å². The second kappa shape index (κ2) is 6.09. The molecule has 28 heavy (non-hydrogen) atoms. The Kier molecular flexibility index (Phi) is 4.07. The average molecular weight is 387 g/mol. The Bertz CT molecular complexity index is 741. The van der Waals surface area contributed by atoms with Gasteiger partial charge in [-0.25, -0.2) is 0 Å². The molecule has 0 aromatic carbocycles. The minimum absolute atomic E-state index is 0.0263. The smallest absolute Gasteiger partial charge is 0.309 e. The number of esters is 2. The van der Waals surface area contributed by atoms with Gasteiger partial charge < -0.3 is 9.47 Å². The van der Waals surface area contributed by atoms with E-state index in [2.05, 4.69) is 26.8 Å². The number of rotatable bonds is 1. The number of carbonyl (C=O) groups excluding carboxylic acids is 2. The van der Waals surface area contributed by atoms with Crippen LogP contribution in [-0.4, -0.2) is 24.1 Å². The highest BCUT2D eigenvalue weighted by molar-refractivity contribution is 5.75. The van der Waals surface area contributed by atoms with E-state index in [1.807, 2.05) is 0 Å². The van der Waals surface area contributed by atoms with E-state index in [0.717, 1.165) is 32.1 Å². The van der Waals surface area contributed by atoms with Gasteiger partial charge in [-0.1, -0.05) is 32.4 Å². The van der Waals surface area contributed by atoms with Crippen LogP contribution in [0.1, 0.15) is 72.6 Å². The summed E-state index contributed by atoms with van der Waals surface area (Å²) in [6, 6.07) is 0. The monoisotopic (exact) mass is 386 g/mol. The van der Waals surface area contributed by atoms with Crippen molar-refractivity contribution in [2.45, 2.75) is 84.8 Å². The molecule has 4 heteroatoms. The van der Waals surface area contributed by atoms with Gasteiger partial charge in [0.1, 0.15) is 12.2 Å². The van der Waals surface area contributed by atoms with Gasteiger partial charge in [0.05, 0.1) is 5.92 Å². The second-order valence-corrected chi connectivity index (χ2v) is 10.8. The van der Waals surface area contributed by atoms with E-state index in [9.17, 15) is 9.59 Å². The molecular formula is C24H34O4. The predicted octanol–water partition coefficient (Wildman–Crippen LogP) is 4.67. The lowest BCUT2D eigenvalue weighted by atomic mass is 9.47. The van der Waals surface area contributed by atoms with Gasteiger partial charge in [-0.3, -0.25) is 9.59 Å². The first-order valence-corrected chi connectivity index (χ1v) is 11.3. The molecule has 154 valence electrons. The fourth-order valence-electron chi connectivity index (χ4n) is 8.41. The third-order valence-electron chi connectivity index (χ3n) is 9.66. The summed E-state index contributed by atoms with van der Waals surface area (Å²) in [6.45, 7) is 8.53. The largest absolute Gasteiger partial charge is 0.462 e. The van der Waals surface area contributed by atoms with Crippen molar-refractivity contribution >= 4 is 11.9 Å². The molecule has 0 aromatic rings. The van der Waals surface area contributed by atoms with E-state index in [0.29, 0.717) is 23.7 Å². The standard InChI is InChI=1S/C24H34O4/c1-13-21-20(28-22(13)26)12-19-17-6-5-15-11-16(27-14(2)25)7-9-23(15,3)18(17)8-10-24(19,21)4/h5,13,16-21H,6-12H2,1-4H3/t13-,16-,17-,18+,19-,20-,21+,23+,24+/m1/s1. The highest BCUT2D eigenvalue weighted by atomic mass is 16.6. The number of hydrogen-bond acceptors (Lipinski definition) is 4. The molecule has 0 radical (unpaired) electrons. The SMILES string of the molecule is CC(=O)O[C@@H]1CC[C@@]2(C)C(=CC[C@H]3[C@H]4C[C@H]5OC(=O)[C@H](C)[C@@H]5[C@@]4(C)CC[C@@H]32)C1. The van der Waals surface area contributed by atoms with E-state index in [1.54, 1.807) is 0 Å². The predicted molar refractivity (Wildman–Crippen MR) is 105 cm³/mol. The summed E-state index contributed by atoms with van der Waals surface area (Å²) >= 11 is 0. The Labute approximate surface area is 168 Å². The summed E-state index contributed by atoms with van der Waals surface area (Å²) < 4.78 is 11.4. The van der Waals surface area contributed by atoms with Crippen molar-refractivity contribution in [3.63, 3.8) is 0 Å². The van der Waals surface area contributed by atoms with E-state index in [4.69, 9.17) is 9.47 Å². The fraction of sp³-hybridized carbons (Fsp3) is 0.833. The number of carbonyl (C=O) groups is 2. The van der Waals surface area contributed by atoms with Gasteiger partial charge in [-0.2, -0.15) is 0 Å². The van der Waals surface area contributed by atoms with Gasteiger partial charge in [0.25, 0.3) is 0 Å². The number of fused-ring (bicyclic) bond motifs is 7. The maximum Gasteiger partial charge on any atom is 0.309 e. The molecule has 1 saturated heterocycles. The quantitative estimate of drug-likeness (QED) is 0.485. The van der Waals surface area contributed by atoms with Crippen LogP contribution in [0.3, 0.4) is 0 Å². The van der Waals surface area contributed by atoms with Crippen molar-refractivity contribution in [3.8, 4) is 0 Å². The molecule has 0 amide bonds. The van der Waals surface area contributed by atoms with Crippen molar-refractivity contribution in [2.75, 3.05) is 0 Å². The molecule has 0 unspecified atom stereocenters. The van der Waals surface area contributed by atoms with E-state index in [-0.39, 0.29) is 40.9 Å². The van der Waals surface area contributed by atoms with Crippen molar-refractivity contribution < 1.29 is 19.1 Å². The molecule has 1 aliphatic heterocycles. The molecule has 4 fully saturated rings. The molecule has 5 aliphatic rings. The molecule has 0 N–H and O–H groups in total. The number of allylic oxidation sites excluding steroid dienone is 1. The Morgan fingerprint density at radius 1 is 1.21 bits per heavy atom. The van der Waals surface area contributed by atoms with Crippen LogP contribution in [0.15, 0.2) is 11.6 Å². The van der Waals surface area contributed by atoms with Crippen LogP contribution in [0.2, 0.25) is 0 Å². The summed E-state index contributed by atoms with van der Waals surface area (Å²) in [5, 5.41) is 0. The van der Waals surface area contributed by atoms with Crippen molar-refractivity contribution in [2.24, 2.45) is 40.4 Å². The molecule has 3 saturated carbocycles. The van der Waals surface area contributed by atoms with Gasteiger partial charge in [0.15, 0.2) is 0 Å². The zero-order valence-corrected chi connectivity index (χ0v) is 17.7. The van der Waals surface area contributed by atoms with Crippen LogP contribution in [0.5, 0.6) is 0 Å². The normalized spacial score (nSPS) is 51.9. The average Bonchev–Trinajstić information content (AvgIpc) is 3.08. The molecule has 4 nitrogen and oxygen atoms in total. The first-order chi connectivity index (χ1) is 13.2. The lowest BCUT2D eigenvalue weighted by Gasteiger charge is -2.58. The molecule has 5 rings (SSSR count). The Morgan fingerprint density at radius 2 is 2.00 bits per heavy atom. The maximum absolute atomic E-state index is 12.2. The van der Waals surface area contributed by atoms with Gasteiger partial charge in [0.2, 0.25) is 0 Å². The molecule has 0 bridgehead atoms. The lowest BCUT2D eigenvalue weighted by Crippen LogP contribution is -2.51. The van der Waals surface area contributed by atoms with Crippen LogP contribution < -0.4 is 0 Å². The van der Waals surface area contributed by atoms with Gasteiger partial charge in [-0.05, 0) is 67.1 Å². The van der Waals surface area contributed by atoms with Crippen LogP contribution in [0.4, 0.5) is 0 Å². The van der Waals surface area contributed by atoms with E-state index < -0.39 is 0 Å². The Balaban J connectivity index is 1.42. The van der Waals surface area contributed by atoms with E-state index >= 15 is 0 Å². The number of hydrogen-bond donors (Lipinski definition) is 0. The van der Waals surface area contributed by atoms with Crippen LogP contribution in [0, 0.1) is 40.4 Å². The summed E-state index contributed by atoms with van der Waals surface area (Å²) in [5.41, 5.74) is 2.03. The van der Waals surface area contributed by atoms with Gasteiger partial charge in [0, 0.05) is 19.3 Å². The molecule has 1 heterocycles. The van der Waals surface area contributed by atoms with Crippen LogP contribution >= 0.6 is 0 Å². The summed E-state index contributed by atoms with van der Waals surface area (Å²) in [5.74, 6) is 2.42. The lowest BCUT2D eigenvalue weighted by molar-refractivity contribution is -0.148. The molecule has 0 aromatic heterocycles. The van der Waals surface area contributed by atoms with Gasteiger partial charge >= 0.3 is 11.9 Å². The molecule has 9 atom stereocenters. The Hall–Kier alpha value is -1.32. The summed E-state index contributed by atoms with van der Waals surface area (Å²) in [7, 11) is 0. The fourth-order valence-corrected chi connectivity index (χ4v) is 8.41. The van der Waals surface area contributed by atoms with Crippen LogP contribution in [0.25, 0.3) is 0 Å². The third kappa shape index (κ3) is 2.42. The van der Waals surface area contributed by atoms with E-state index in [1.165, 1.54) is 25.3 Å². The topological polar surface area (TPSA) is 52.6 Å². The zero-order chi connectivity index (χ0) is 19.8. The van der Waals surface area contributed by atoms with Crippen LogP contribution in [-0.2, 0) is 19.1 Å². The second-order valence-electron chi connectivity index (χ2n) is 10.8. The Morgan fingerprint density at radius 3 is 2.75 bits per heavy atom. The summed E-state index contributed by atoms with van der Waals surface area (Å²) in [4.78, 5) is 23.6. The maximum atomic E-state index is 12.2. The first-order valence-electron chi connectivity index (χ1n) is 11.3. The number of ether oxygens (including phenoxy) is 2. The zero-order valence-electron chi connectivity index (χ0n) is 17.7. The molecule has 0 spiro atoms.